The van der Waals surface area contributed by atoms with Gasteiger partial charge < -0.3 is 10.2 Å². The van der Waals surface area contributed by atoms with Gasteiger partial charge in [-0.2, -0.15) is 0 Å². The smallest absolute Gasteiger partial charge is 0.243 e. The molecular formula is C21H29N3O. The molecule has 25 heavy (non-hydrogen) atoms. The van der Waals surface area contributed by atoms with Gasteiger partial charge in [-0.15, -0.1) is 0 Å². The van der Waals surface area contributed by atoms with Crippen molar-refractivity contribution in [2.45, 2.75) is 57.0 Å². The standard InChI is InChI=1S/C21H29N3O/c25-21-16-24(20-11-7-6-10-19(20)22-21)18-12-14-23(15-13-18)17-8-4-2-1-3-5-9-17/h4,6-8,10-11,17-18H,1-3,5,9,12-16H2,(H,22,25)/b8-4-. The van der Waals surface area contributed by atoms with E-state index in [1.807, 2.05) is 12.1 Å². The molecule has 2 heterocycles. The van der Waals surface area contributed by atoms with Gasteiger partial charge in [0.1, 0.15) is 0 Å². The number of hydrogen-bond donors (Lipinski definition) is 1. The highest BCUT2D eigenvalue weighted by Crippen LogP contribution is 2.33. The van der Waals surface area contributed by atoms with E-state index in [0.29, 0.717) is 18.6 Å². The molecule has 0 bridgehead atoms. The van der Waals surface area contributed by atoms with Gasteiger partial charge >= 0.3 is 0 Å². The Hall–Kier alpha value is -1.81. The summed E-state index contributed by atoms with van der Waals surface area (Å²) in [5, 5.41) is 3.00. The van der Waals surface area contributed by atoms with Crippen molar-refractivity contribution in [2.24, 2.45) is 0 Å². The lowest BCUT2D eigenvalue weighted by Crippen LogP contribution is -2.51. The average molecular weight is 339 g/mol. The molecular weight excluding hydrogens is 310 g/mol. The van der Waals surface area contributed by atoms with Crippen molar-refractivity contribution in [2.75, 3.05) is 29.9 Å². The van der Waals surface area contributed by atoms with Crippen molar-refractivity contribution >= 4 is 17.3 Å². The van der Waals surface area contributed by atoms with E-state index in [1.165, 1.54) is 37.8 Å². The van der Waals surface area contributed by atoms with Crippen molar-refractivity contribution in [3.8, 4) is 0 Å². The van der Waals surface area contributed by atoms with Gasteiger partial charge in [0.05, 0.1) is 17.9 Å². The van der Waals surface area contributed by atoms with E-state index in [9.17, 15) is 4.79 Å². The Morgan fingerprint density at radius 2 is 1.84 bits per heavy atom. The number of nitrogens with zero attached hydrogens (tertiary/aromatic N) is 2. The molecule has 0 aromatic heterocycles. The first-order valence-electron chi connectivity index (χ1n) is 9.87. The van der Waals surface area contributed by atoms with E-state index >= 15 is 0 Å². The lowest BCUT2D eigenvalue weighted by atomic mass is 9.96. The minimum Gasteiger partial charge on any atom is -0.357 e. The van der Waals surface area contributed by atoms with Gasteiger partial charge in [0.15, 0.2) is 0 Å². The van der Waals surface area contributed by atoms with Crippen molar-refractivity contribution in [1.82, 2.24) is 4.90 Å². The van der Waals surface area contributed by atoms with E-state index in [1.54, 1.807) is 0 Å². The van der Waals surface area contributed by atoms with Crippen LogP contribution in [0.15, 0.2) is 36.4 Å². The van der Waals surface area contributed by atoms with Gasteiger partial charge in [0, 0.05) is 25.2 Å². The third kappa shape index (κ3) is 3.74. The van der Waals surface area contributed by atoms with Crippen LogP contribution in [0.4, 0.5) is 11.4 Å². The molecule has 4 heteroatoms. The first-order valence-corrected chi connectivity index (χ1v) is 9.87. The summed E-state index contributed by atoms with van der Waals surface area (Å²) in [6.07, 6.45) is 13.7. The van der Waals surface area contributed by atoms with Crippen molar-refractivity contribution in [3.05, 3.63) is 36.4 Å². The number of benzene rings is 1. The number of piperidine rings is 1. The summed E-state index contributed by atoms with van der Waals surface area (Å²) in [6, 6.07) is 9.30. The summed E-state index contributed by atoms with van der Waals surface area (Å²) in [5.41, 5.74) is 2.15. The molecule has 1 unspecified atom stereocenters. The van der Waals surface area contributed by atoms with Crippen LogP contribution in [0.5, 0.6) is 0 Å². The third-order valence-electron chi connectivity index (χ3n) is 5.94. The molecule has 3 aliphatic rings. The quantitative estimate of drug-likeness (QED) is 0.833. The Morgan fingerprint density at radius 3 is 2.72 bits per heavy atom. The lowest BCUT2D eigenvalue weighted by Gasteiger charge is -2.43. The molecule has 4 rings (SSSR count). The number of para-hydroxylation sites is 2. The van der Waals surface area contributed by atoms with E-state index in [2.05, 4.69) is 39.4 Å². The average Bonchev–Trinajstić information content (AvgIpc) is 2.61. The maximum Gasteiger partial charge on any atom is 0.243 e. The van der Waals surface area contributed by atoms with Crippen molar-refractivity contribution < 1.29 is 4.79 Å². The second-order valence-corrected chi connectivity index (χ2v) is 7.59. The largest absolute Gasteiger partial charge is 0.357 e. The molecule has 4 nitrogen and oxygen atoms in total. The molecule has 1 atom stereocenters. The normalized spacial score (nSPS) is 27.1. The SMILES string of the molecule is O=C1CN(C2CCN(C3/C=C\CCCCC3)CC2)c2ccccc2N1. The summed E-state index contributed by atoms with van der Waals surface area (Å²) in [5.74, 6) is 0.115. The molecule has 2 aliphatic heterocycles. The zero-order chi connectivity index (χ0) is 17.1. The monoisotopic (exact) mass is 339 g/mol. The number of amides is 1. The summed E-state index contributed by atoms with van der Waals surface area (Å²) >= 11 is 0. The number of anilines is 2. The van der Waals surface area contributed by atoms with Crippen LogP contribution in [0, 0.1) is 0 Å². The molecule has 0 spiro atoms. The summed E-state index contributed by atoms with van der Waals surface area (Å²) < 4.78 is 0. The van der Waals surface area contributed by atoms with Gasteiger partial charge in [-0.25, -0.2) is 0 Å². The van der Waals surface area contributed by atoms with E-state index in [-0.39, 0.29) is 5.91 Å². The molecule has 1 aliphatic carbocycles. The molecule has 0 radical (unpaired) electrons. The highest BCUT2D eigenvalue weighted by Gasteiger charge is 2.31. The van der Waals surface area contributed by atoms with Crippen LogP contribution >= 0.6 is 0 Å². The second-order valence-electron chi connectivity index (χ2n) is 7.59. The van der Waals surface area contributed by atoms with Gasteiger partial charge in [0.25, 0.3) is 0 Å². The summed E-state index contributed by atoms with van der Waals surface area (Å²) in [6.45, 7) is 2.77. The molecule has 1 amide bonds. The maximum absolute atomic E-state index is 12.1. The van der Waals surface area contributed by atoms with Crippen LogP contribution < -0.4 is 10.2 Å². The Labute approximate surface area is 150 Å². The minimum absolute atomic E-state index is 0.115. The summed E-state index contributed by atoms with van der Waals surface area (Å²) in [4.78, 5) is 17.1. The van der Waals surface area contributed by atoms with Crippen LogP contribution in [-0.2, 0) is 4.79 Å². The molecule has 0 saturated carbocycles. The zero-order valence-corrected chi connectivity index (χ0v) is 15.0. The van der Waals surface area contributed by atoms with E-state index in [4.69, 9.17) is 0 Å². The first-order chi connectivity index (χ1) is 12.3. The molecule has 1 N–H and O–H groups in total. The maximum atomic E-state index is 12.1. The van der Waals surface area contributed by atoms with E-state index in [0.717, 1.165) is 31.6 Å². The molecule has 1 aromatic rings. The number of carbonyl (C=O) groups excluding carboxylic acids is 1. The van der Waals surface area contributed by atoms with E-state index < -0.39 is 0 Å². The molecule has 1 saturated heterocycles. The second kappa shape index (κ2) is 7.61. The van der Waals surface area contributed by atoms with Crippen molar-refractivity contribution in [1.29, 1.82) is 0 Å². The lowest BCUT2D eigenvalue weighted by molar-refractivity contribution is -0.115. The van der Waals surface area contributed by atoms with Gasteiger partial charge in [-0.05, 0) is 44.2 Å². The Bertz CT molecular complexity index is 634. The number of rotatable bonds is 2. The highest BCUT2D eigenvalue weighted by atomic mass is 16.2. The van der Waals surface area contributed by atoms with Crippen LogP contribution in [-0.4, -0.2) is 42.5 Å². The minimum atomic E-state index is 0.115. The van der Waals surface area contributed by atoms with Crippen LogP contribution in [0.2, 0.25) is 0 Å². The van der Waals surface area contributed by atoms with Crippen LogP contribution in [0.25, 0.3) is 0 Å². The fourth-order valence-electron chi connectivity index (χ4n) is 4.56. The Morgan fingerprint density at radius 1 is 1.00 bits per heavy atom. The first kappa shape index (κ1) is 16.6. The van der Waals surface area contributed by atoms with Crippen LogP contribution in [0.1, 0.15) is 44.9 Å². The number of fused-ring (bicyclic) bond motifs is 1. The highest BCUT2D eigenvalue weighted by molar-refractivity contribution is 6.01. The molecule has 1 aromatic carbocycles. The summed E-state index contributed by atoms with van der Waals surface area (Å²) in [7, 11) is 0. The number of hydrogen-bond acceptors (Lipinski definition) is 3. The fourth-order valence-corrected chi connectivity index (χ4v) is 4.56. The number of allylic oxidation sites excluding steroid dienone is 1. The Balaban J connectivity index is 1.42. The predicted molar refractivity (Wildman–Crippen MR) is 103 cm³/mol. The third-order valence-corrected chi connectivity index (χ3v) is 5.94. The van der Waals surface area contributed by atoms with Crippen LogP contribution in [0.3, 0.4) is 0 Å². The van der Waals surface area contributed by atoms with Crippen molar-refractivity contribution in [3.63, 3.8) is 0 Å². The topological polar surface area (TPSA) is 35.6 Å². The van der Waals surface area contributed by atoms with Gasteiger partial charge in [-0.1, -0.05) is 37.1 Å². The molecule has 134 valence electrons. The fraction of sp³-hybridized carbons (Fsp3) is 0.571. The van der Waals surface area contributed by atoms with Gasteiger partial charge in [-0.3, -0.25) is 9.69 Å². The van der Waals surface area contributed by atoms with Gasteiger partial charge in [0.2, 0.25) is 5.91 Å². The Kier molecular flexibility index (Phi) is 5.07. The zero-order valence-electron chi connectivity index (χ0n) is 15.0. The molecule has 1 fully saturated rings. The number of nitrogens with one attached hydrogen (secondary N) is 1. The number of likely N-dealkylation sites (tertiary alicyclic amines) is 1. The number of carbonyl (C=O) groups is 1. The predicted octanol–water partition coefficient (Wildman–Crippen LogP) is 3.80.